The minimum atomic E-state index is -0.771. The van der Waals surface area contributed by atoms with Crippen LogP contribution >= 0.6 is 24.8 Å². The molecule has 0 radical (unpaired) electrons. The summed E-state index contributed by atoms with van der Waals surface area (Å²) in [7, 11) is 0. The summed E-state index contributed by atoms with van der Waals surface area (Å²) in [6, 6.07) is -0.771. The number of carboxylic acids is 1. The fraction of sp³-hybridized carbons (Fsp3) is 0.881. The third-order valence-electron chi connectivity index (χ3n) is 9.85. The number of halogens is 2. The summed E-state index contributed by atoms with van der Waals surface area (Å²) in [5.74, 6) is -1.56. The van der Waals surface area contributed by atoms with Crippen molar-refractivity contribution in [2.75, 3.05) is 32.8 Å². The van der Waals surface area contributed by atoms with Crippen LogP contribution in [0.25, 0.3) is 0 Å². The van der Waals surface area contributed by atoms with Crippen molar-refractivity contribution in [3.05, 3.63) is 0 Å². The highest BCUT2D eigenvalue weighted by Gasteiger charge is 2.21. The molecule has 0 heterocycles. The van der Waals surface area contributed by atoms with Gasteiger partial charge in [0.15, 0.2) is 5.96 Å². The van der Waals surface area contributed by atoms with Gasteiger partial charge in [0.1, 0.15) is 13.2 Å². The molecule has 14 heteroatoms. The number of carbonyl (C=O) groups excluding carboxylic acids is 3. The summed E-state index contributed by atoms with van der Waals surface area (Å²) in [5.41, 5.74) is 17.0. The van der Waals surface area contributed by atoms with Crippen LogP contribution in [-0.4, -0.2) is 78.7 Å². The molecule has 0 saturated carbocycles. The van der Waals surface area contributed by atoms with Crippen molar-refractivity contribution in [2.24, 2.45) is 22.2 Å². The number of guanidine groups is 1. The second-order valence-electron chi connectivity index (χ2n) is 15.0. The second kappa shape index (κ2) is 43.8. The molecule has 1 amide bonds. The molecule has 0 aromatic heterocycles. The number of carboxylic acid groups (broad SMARTS) is 1. The number of carbonyl (C=O) groups is 4. The number of nitrogens with two attached hydrogens (primary N) is 3. The molecule has 0 aliphatic carbocycles. The Labute approximate surface area is 352 Å². The van der Waals surface area contributed by atoms with Gasteiger partial charge in [0.05, 0.1) is 19.1 Å². The topological polar surface area (TPSA) is 201 Å². The fourth-order valence-electron chi connectivity index (χ4n) is 6.49. The van der Waals surface area contributed by atoms with Crippen LogP contribution in [0.3, 0.4) is 0 Å². The molecule has 0 spiro atoms. The Morgan fingerprint density at radius 1 is 0.554 bits per heavy atom. The molecule has 0 aromatic carbocycles. The van der Waals surface area contributed by atoms with Gasteiger partial charge in [-0.3, -0.25) is 24.2 Å². The number of aliphatic carboxylic acids is 1. The Balaban J connectivity index is -0.0000140. The van der Waals surface area contributed by atoms with Crippen molar-refractivity contribution in [2.45, 2.75) is 206 Å². The van der Waals surface area contributed by atoms with Crippen LogP contribution in [0.1, 0.15) is 200 Å². The van der Waals surface area contributed by atoms with Crippen molar-refractivity contribution < 1.29 is 33.8 Å². The molecule has 332 valence electrons. The largest absolute Gasteiger partial charge is 0.481 e. The van der Waals surface area contributed by atoms with E-state index >= 15 is 0 Å². The average molecular weight is 841 g/mol. The van der Waals surface area contributed by atoms with E-state index in [0.717, 1.165) is 64.2 Å². The predicted molar refractivity (Wildman–Crippen MR) is 233 cm³/mol. The quantitative estimate of drug-likeness (QED) is 0.0200. The Morgan fingerprint density at radius 2 is 0.893 bits per heavy atom. The Bertz CT molecular complexity index is 974. The minimum absolute atomic E-state index is 0. The van der Waals surface area contributed by atoms with Crippen molar-refractivity contribution >= 4 is 54.6 Å². The molecule has 1 atom stereocenters. The summed E-state index contributed by atoms with van der Waals surface area (Å²) < 4.78 is 10.9. The van der Waals surface area contributed by atoms with E-state index in [9.17, 15) is 19.2 Å². The summed E-state index contributed by atoms with van der Waals surface area (Å²) >= 11 is 0. The van der Waals surface area contributed by atoms with Crippen LogP contribution in [0.4, 0.5) is 0 Å². The van der Waals surface area contributed by atoms with Gasteiger partial charge in [-0.2, -0.15) is 0 Å². The molecular weight excluding hydrogens is 757 g/mol. The highest BCUT2D eigenvalue weighted by atomic mass is 35.5. The molecule has 0 fully saturated rings. The number of rotatable bonds is 40. The third kappa shape index (κ3) is 41.3. The number of esters is 2. The molecule has 0 unspecified atom stereocenters. The highest BCUT2D eigenvalue weighted by Crippen LogP contribution is 2.15. The summed E-state index contributed by atoms with van der Waals surface area (Å²) in [6.45, 7) is 3.08. The van der Waals surface area contributed by atoms with E-state index in [1.807, 2.05) is 0 Å². The maximum absolute atomic E-state index is 13.2. The van der Waals surface area contributed by atoms with Gasteiger partial charge in [-0.05, 0) is 32.1 Å². The van der Waals surface area contributed by atoms with E-state index in [0.29, 0.717) is 32.2 Å². The molecular formula is C42H83Cl2N5O7. The molecule has 56 heavy (non-hydrogen) atoms. The van der Waals surface area contributed by atoms with E-state index in [4.69, 9.17) is 31.8 Å². The summed E-state index contributed by atoms with van der Waals surface area (Å²) in [6.07, 6.45) is 30.9. The number of unbranched alkanes of at least 4 members (excludes halogenated alkanes) is 23. The number of hydrogen-bond donors (Lipinski definition) is 4. The van der Waals surface area contributed by atoms with Crippen molar-refractivity contribution in [1.82, 2.24) is 4.90 Å². The highest BCUT2D eigenvalue weighted by molar-refractivity contribution is 5.85. The average Bonchev–Trinajstić information content (AvgIpc) is 3.14. The van der Waals surface area contributed by atoms with Crippen molar-refractivity contribution in [3.63, 3.8) is 0 Å². The van der Waals surface area contributed by atoms with E-state index < -0.39 is 12.0 Å². The fourth-order valence-corrected chi connectivity index (χ4v) is 6.49. The van der Waals surface area contributed by atoms with Crippen LogP contribution in [0.15, 0.2) is 4.99 Å². The number of hydrogen-bond acceptors (Lipinski definition) is 8. The Kier molecular flexibility index (Phi) is 45.4. The van der Waals surface area contributed by atoms with Gasteiger partial charge < -0.3 is 36.7 Å². The maximum atomic E-state index is 13.2. The predicted octanol–water partition coefficient (Wildman–Crippen LogP) is 9.15. The standard InChI is InChI=1S/C42H81N5O7.2ClH/c1-2-3-4-5-6-7-8-9-13-16-19-22-25-30-39(50)53-35-33-47(41(52)37(43)28-27-32-46-42(44)45)34-36-54-40(51)31-26-23-20-17-14-11-10-12-15-18-21-24-29-38(48)49;;/h37H,2-36,43H2,1H3,(H,48,49)(H4,44,45,46);2*1H/t37-;;/m0../s1. The molecule has 0 saturated heterocycles. The number of aliphatic imine (C=N–C) groups is 1. The zero-order valence-electron chi connectivity index (χ0n) is 35.2. The van der Waals surface area contributed by atoms with Crippen LogP contribution in [-0.2, 0) is 28.7 Å². The lowest BCUT2D eigenvalue weighted by atomic mass is 10.0. The van der Waals surface area contributed by atoms with Gasteiger partial charge in [-0.15, -0.1) is 24.8 Å². The van der Waals surface area contributed by atoms with Crippen LogP contribution in [0.5, 0.6) is 0 Å². The minimum Gasteiger partial charge on any atom is -0.481 e. The summed E-state index contributed by atoms with van der Waals surface area (Å²) in [4.78, 5) is 53.9. The first-order valence-corrected chi connectivity index (χ1v) is 21.8. The lowest BCUT2D eigenvalue weighted by molar-refractivity contribution is -0.148. The first-order valence-electron chi connectivity index (χ1n) is 21.8. The maximum Gasteiger partial charge on any atom is 0.305 e. The molecule has 0 aliphatic rings. The molecule has 7 N–H and O–H groups in total. The zero-order valence-corrected chi connectivity index (χ0v) is 36.8. The Morgan fingerprint density at radius 3 is 1.23 bits per heavy atom. The van der Waals surface area contributed by atoms with E-state index in [1.54, 1.807) is 0 Å². The van der Waals surface area contributed by atoms with Crippen LogP contribution < -0.4 is 17.2 Å². The number of nitrogens with zero attached hydrogens (tertiary/aromatic N) is 2. The first-order chi connectivity index (χ1) is 26.2. The number of ether oxygens (including phenoxy) is 2. The first kappa shape index (κ1) is 58.0. The van der Waals surface area contributed by atoms with Gasteiger partial charge in [-0.25, -0.2) is 0 Å². The van der Waals surface area contributed by atoms with Gasteiger partial charge in [-0.1, -0.05) is 148 Å². The van der Waals surface area contributed by atoms with Crippen molar-refractivity contribution in [3.8, 4) is 0 Å². The normalized spacial score (nSPS) is 11.2. The van der Waals surface area contributed by atoms with Crippen LogP contribution in [0.2, 0.25) is 0 Å². The molecule has 0 bridgehead atoms. The van der Waals surface area contributed by atoms with Gasteiger partial charge in [0.2, 0.25) is 5.91 Å². The number of amides is 1. The van der Waals surface area contributed by atoms with Crippen LogP contribution in [0, 0.1) is 0 Å². The SMILES string of the molecule is CCCCCCCCCCCCCCCC(=O)OCCN(CCOC(=O)CCCCCCCCCCCCCCC(=O)O)C(=O)[C@@H](N)CCCN=C(N)N.Cl.Cl. The van der Waals surface area contributed by atoms with Gasteiger partial charge >= 0.3 is 17.9 Å². The van der Waals surface area contributed by atoms with E-state index in [-0.39, 0.29) is 81.3 Å². The van der Waals surface area contributed by atoms with Gasteiger partial charge in [0, 0.05) is 25.8 Å². The molecule has 12 nitrogen and oxygen atoms in total. The summed E-state index contributed by atoms with van der Waals surface area (Å²) in [5, 5.41) is 8.68. The van der Waals surface area contributed by atoms with E-state index in [1.165, 1.54) is 101 Å². The third-order valence-corrected chi connectivity index (χ3v) is 9.85. The van der Waals surface area contributed by atoms with Crippen molar-refractivity contribution in [1.29, 1.82) is 0 Å². The zero-order chi connectivity index (χ0) is 39.9. The van der Waals surface area contributed by atoms with E-state index in [2.05, 4.69) is 11.9 Å². The lowest BCUT2D eigenvalue weighted by Gasteiger charge is -2.25. The Hall–Kier alpha value is -2.31. The smallest absolute Gasteiger partial charge is 0.305 e. The lowest BCUT2D eigenvalue weighted by Crippen LogP contribution is -2.46. The second-order valence-corrected chi connectivity index (χ2v) is 15.0. The molecule has 0 aliphatic heterocycles. The molecule has 0 aromatic rings. The molecule has 0 rings (SSSR count). The monoisotopic (exact) mass is 840 g/mol. The van der Waals surface area contributed by atoms with Gasteiger partial charge in [0.25, 0.3) is 0 Å².